The van der Waals surface area contributed by atoms with Gasteiger partial charge in [-0.25, -0.2) is 22.7 Å². The van der Waals surface area contributed by atoms with Gasteiger partial charge in [-0.3, -0.25) is 9.48 Å². The standard InChI is InChI=1S/C24H16ClF3N6O/c25-17-7-4-8-18(26)16(17)13-33-10-9-21(32-33)31-24(35)15-12-29-34-20(22(27)28)11-19(30-23(15)34)14-5-2-1-3-6-14/h1-12,22H,13H2,(H,31,32,35). The maximum absolute atomic E-state index is 14.1. The van der Waals surface area contributed by atoms with Gasteiger partial charge in [0, 0.05) is 28.4 Å². The summed E-state index contributed by atoms with van der Waals surface area (Å²) < 4.78 is 43.9. The van der Waals surface area contributed by atoms with E-state index in [9.17, 15) is 18.0 Å². The van der Waals surface area contributed by atoms with E-state index in [1.54, 1.807) is 42.6 Å². The molecule has 3 heterocycles. The van der Waals surface area contributed by atoms with Crippen LogP contribution in [0.2, 0.25) is 5.02 Å². The fourth-order valence-electron chi connectivity index (χ4n) is 3.60. The van der Waals surface area contributed by atoms with Crippen molar-refractivity contribution < 1.29 is 18.0 Å². The molecule has 1 amide bonds. The van der Waals surface area contributed by atoms with Crippen LogP contribution in [0.5, 0.6) is 0 Å². The van der Waals surface area contributed by atoms with E-state index >= 15 is 0 Å². The number of hydrogen-bond acceptors (Lipinski definition) is 4. The molecule has 0 aliphatic carbocycles. The van der Waals surface area contributed by atoms with Gasteiger partial charge >= 0.3 is 0 Å². The minimum absolute atomic E-state index is 0.00335. The van der Waals surface area contributed by atoms with Crippen molar-refractivity contribution in [3.63, 3.8) is 0 Å². The second-order valence-electron chi connectivity index (χ2n) is 7.58. The molecule has 0 saturated heterocycles. The lowest BCUT2D eigenvalue weighted by Gasteiger charge is -2.08. The van der Waals surface area contributed by atoms with E-state index in [4.69, 9.17) is 11.6 Å². The molecule has 5 aromatic rings. The highest BCUT2D eigenvalue weighted by Crippen LogP contribution is 2.27. The third-order valence-corrected chi connectivity index (χ3v) is 5.66. The highest BCUT2D eigenvalue weighted by Gasteiger charge is 2.22. The molecule has 0 bridgehead atoms. The van der Waals surface area contributed by atoms with Gasteiger partial charge in [-0.05, 0) is 18.2 Å². The Morgan fingerprint density at radius 2 is 1.89 bits per heavy atom. The number of halogens is 4. The van der Waals surface area contributed by atoms with Gasteiger partial charge < -0.3 is 5.32 Å². The van der Waals surface area contributed by atoms with Crippen LogP contribution in [-0.2, 0) is 6.54 Å². The molecule has 2 aromatic carbocycles. The van der Waals surface area contributed by atoms with Crippen LogP contribution >= 0.6 is 11.6 Å². The number of nitrogens with one attached hydrogen (secondary N) is 1. The number of fused-ring (bicyclic) bond motifs is 1. The number of nitrogens with zero attached hydrogens (tertiary/aromatic N) is 5. The number of aromatic nitrogens is 5. The number of hydrogen-bond donors (Lipinski definition) is 1. The van der Waals surface area contributed by atoms with E-state index in [0.29, 0.717) is 5.56 Å². The van der Waals surface area contributed by atoms with Gasteiger partial charge in [0.05, 0.1) is 18.4 Å². The number of alkyl halides is 2. The van der Waals surface area contributed by atoms with E-state index in [0.717, 1.165) is 4.52 Å². The Morgan fingerprint density at radius 1 is 1.09 bits per heavy atom. The van der Waals surface area contributed by atoms with Gasteiger partial charge in [0.25, 0.3) is 12.3 Å². The first-order chi connectivity index (χ1) is 16.9. The van der Waals surface area contributed by atoms with E-state index < -0.39 is 18.1 Å². The predicted octanol–water partition coefficient (Wildman–Crippen LogP) is 5.62. The maximum Gasteiger partial charge on any atom is 0.280 e. The molecule has 0 aliphatic rings. The van der Waals surface area contributed by atoms with Crippen LogP contribution in [0.15, 0.2) is 73.1 Å². The average Bonchev–Trinajstić information content (AvgIpc) is 3.48. The summed E-state index contributed by atoms with van der Waals surface area (Å²) in [6, 6.07) is 15.9. The zero-order valence-electron chi connectivity index (χ0n) is 17.9. The SMILES string of the molecule is O=C(Nc1ccn(Cc2c(F)cccc2Cl)n1)c1cnn2c(C(F)F)cc(-c3ccccc3)nc12. The molecule has 3 aromatic heterocycles. The third-order valence-electron chi connectivity index (χ3n) is 5.30. The summed E-state index contributed by atoms with van der Waals surface area (Å²) in [5.41, 5.74) is 0.756. The summed E-state index contributed by atoms with van der Waals surface area (Å²) in [7, 11) is 0. The van der Waals surface area contributed by atoms with Crippen molar-refractivity contribution in [2.24, 2.45) is 0 Å². The van der Waals surface area contributed by atoms with Crippen molar-refractivity contribution in [1.82, 2.24) is 24.4 Å². The Hall–Kier alpha value is -4.18. The molecule has 1 N–H and O–H groups in total. The van der Waals surface area contributed by atoms with Gasteiger partial charge in [0.1, 0.15) is 17.1 Å². The summed E-state index contributed by atoms with van der Waals surface area (Å²) in [6.07, 6.45) is -0.108. The van der Waals surface area contributed by atoms with Crippen molar-refractivity contribution in [2.75, 3.05) is 5.32 Å². The quantitative estimate of drug-likeness (QED) is 0.331. The average molecular weight is 497 g/mol. The molecule has 0 aliphatic heterocycles. The fourth-order valence-corrected chi connectivity index (χ4v) is 3.83. The second-order valence-corrected chi connectivity index (χ2v) is 7.99. The molecular formula is C24H16ClF3N6O. The smallest absolute Gasteiger partial charge is 0.280 e. The lowest BCUT2D eigenvalue weighted by molar-refractivity contribution is 0.102. The molecule has 0 fully saturated rings. The number of benzene rings is 2. The van der Waals surface area contributed by atoms with Gasteiger partial charge in [-0.15, -0.1) is 0 Å². The fraction of sp³-hybridized carbons (Fsp3) is 0.0833. The molecule has 0 atom stereocenters. The number of carbonyl (C=O) groups excluding carboxylic acids is 1. The largest absolute Gasteiger partial charge is 0.305 e. The van der Waals surface area contributed by atoms with E-state index in [2.05, 4.69) is 20.5 Å². The van der Waals surface area contributed by atoms with Crippen molar-refractivity contribution in [2.45, 2.75) is 13.0 Å². The number of carbonyl (C=O) groups is 1. The molecule has 176 valence electrons. The Kier molecular flexibility index (Phi) is 5.96. The summed E-state index contributed by atoms with van der Waals surface area (Å²) in [4.78, 5) is 17.4. The molecule has 35 heavy (non-hydrogen) atoms. The molecule has 0 saturated carbocycles. The molecule has 0 unspecified atom stereocenters. The van der Waals surface area contributed by atoms with Crippen LogP contribution < -0.4 is 5.32 Å². The van der Waals surface area contributed by atoms with E-state index in [-0.39, 0.29) is 45.5 Å². The van der Waals surface area contributed by atoms with Crippen LogP contribution in [0, 0.1) is 5.82 Å². The molecule has 7 nitrogen and oxygen atoms in total. The molecule has 0 spiro atoms. The Balaban J connectivity index is 1.44. The van der Waals surface area contributed by atoms with Crippen LogP contribution in [0.4, 0.5) is 19.0 Å². The van der Waals surface area contributed by atoms with Crippen molar-refractivity contribution in [3.05, 3.63) is 101 Å². The van der Waals surface area contributed by atoms with Gasteiger partial charge in [-0.1, -0.05) is 48.0 Å². The van der Waals surface area contributed by atoms with Crippen LogP contribution in [0.3, 0.4) is 0 Å². The Bertz CT molecular complexity index is 1510. The van der Waals surface area contributed by atoms with Crippen molar-refractivity contribution >= 4 is 29.0 Å². The summed E-state index contributed by atoms with van der Waals surface area (Å²) in [6.45, 7) is 0.0534. The first-order valence-corrected chi connectivity index (χ1v) is 10.8. The summed E-state index contributed by atoms with van der Waals surface area (Å²) >= 11 is 6.07. The highest BCUT2D eigenvalue weighted by molar-refractivity contribution is 6.31. The summed E-state index contributed by atoms with van der Waals surface area (Å²) in [5.74, 6) is -0.928. The minimum atomic E-state index is -2.83. The highest BCUT2D eigenvalue weighted by atomic mass is 35.5. The normalized spacial score (nSPS) is 11.3. The number of rotatable bonds is 6. The molecule has 0 radical (unpaired) electrons. The van der Waals surface area contributed by atoms with Gasteiger partial charge in [0.15, 0.2) is 11.5 Å². The second kappa shape index (κ2) is 9.22. The van der Waals surface area contributed by atoms with Crippen LogP contribution in [0.25, 0.3) is 16.9 Å². The zero-order chi connectivity index (χ0) is 24.5. The third kappa shape index (κ3) is 4.47. The first kappa shape index (κ1) is 22.6. The van der Waals surface area contributed by atoms with Crippen LogP contribution in [-0.4, -0.2) is 30.3 Å². The lowest BCUT2D eigenvalue weighted by atomic mass is 10.1. The van der Waals surface area contributed by atoms with Crippen LogP contribution in [0.1, 0.15) is 28.0 Å². The monoisotopic (exact) mass is 496 g/mol. The van der Waals surface area contributed by atoms with E-state index in [1.165, 1.54) is 35.1 Å². The summed E-state index contributed by atoms with van der Waals surface area (Å²) in [5, 5.41) is 11.0. The van der Waals surface area contributed by atoms with E-state index in [1.807, 2.05) is 0 Å². The first-order valence-electron chi connectivity index (χ1n) is 10.4. The lowest BCUT2D eigenvalue weighted by Crippen LogP contribution is -2.14. The number of anilines is 1. The number of amides is 1. The molecule has 5 rings (SSSR count). The van der Waals surface area contributed by atoms with Crippen molar-refractivity contribution in [1.29, 1.82) is 0 Å². The van der Waals surface area contributed by atoms with Gasteiger partial charge in [-0.2, -0.15) is 10.2 Å². The van der Waals surface area contributed by atoms with Gasteiger partial charge in [0.2, 0.25) is 0 Å². The minimum Gasteiger partial charge on any atom is -0.305 e. The Morgan fingerprint density at radius 3 is 2.63 bits per heavy atom. The Labute approximate surface area is 201 Å². The molecular weight excluding hydrogens is 481 g/mol. The zero-order valence-corrected chi connectivity index (χ0v) is 18.6. The molecule has 11 heteroatoms. The van der Waals surface area contributed by atoms with Crippen molar-refractivity contribution in [3.8, 4) is 11.3 Å². The predicted molar refractivity (Wildman–Crippen MR) is 124 cm³/mol. The maximum atomic E-state index is 14.1. The topological polar surface area (TPSA) is 77.1 Å².